The normalized spacial score (nSPS) is 11.9. The number of benzene rings is 2. The molecule has 2 aromatic carbocycles. The van der Waals surface area contributed by atoms with Crippen molar-refractivity contribution in [1.29, 1.82) is 0 Å². The molecule has 0 saturated heterocycles. The molecule has 6 nitrogen and oxygen atoms in total. The second kappa shape index (κ2) is 6.74. The molecular weight excluding hydrogens is 372 g/mol. The maximum atomic E-state index is 12.6. The van der Waals surface area contributed by atoms with Gasteiger partial charge in [0.1, 0.15) is 4.90 Å². The van der Waals surface area contributed by atoms with Crippen molar-refractivity contribution in [2.24, 2.45) is 0 Å². The molecule has 0 spiro atoms. The van der Waals surface area contributed by atoms with Gasteiger partial charge in [0.25, 0.3) is 10.0 Å². The van der Waals surface area contributed by atoms with E-state index in [0.717, 1.165) is 11.1 Å². The molecule has 26 heavy (non-hydrogen) atoms. The summed E-state index contributed by atoms with van der Waals surface area (Å²) in [6.07, 6.45) is 1.38. The highest BCUT2D eigenvalue weighted by Crippen LogP contribution is 2.31. The maximum Gasteiger partial charge on any atom is 0.265 e. The molecular formula is C18H19ClN4O2S. The number of sulfonamides is 1. The Morgan fingerprint density at radius 2 is 1.88 bits per heavy atom. The molecule has 0 amide bonds. The lowest BCUT2D eigenvalue weighted by Gasteiger charge is -2.14. The van der Waals surface area contributed by atoms with Crippen molar-refractivity contribution in [2.45, 2.75) is 31.6 Å². The van der Waals surface area contributed by atoms with Crippen LogP contribution in [0.5, 0.6) is 0 Å². The minimum Gasteiger partial charge on any atom is -0.398 e. The SMILES string of the molecule is Cc1c(Cl)cc(C(C)C)c2nc(NS(=O)(=O)c3ccccc3N)cnc12. The van der Waals surface area contributed by atoms with Gasteiger partial charge in [0, 0.05) is 5.02 Å². The highest BCUT2D eigenvalue weighted by Gasteiger charge is 2.19. The van der Waals surface area contributed by atoms with E-state index in [9.17, 15) is 8.42 Å². The van der Waals surface area contributed by atoms with E-state index in [1.165, 1.54) is 18.3 Å². The summed E-state index contributed by atoms with van der Waals surface area (Å²) in [5.41, 5.74) is 8.94. The second-order valence-corrected chi connectivity index (χ2v) is 8.38. The number of fused-ring (bicyclic) bond motifs is 1. The largest absolute Gasteiger partial charge is 0.398 e. The highest BCUT2D eigenvalue weighted by molar-refractivity contribution is 7.92. The Hall–Kier alpha value is -2.38. The topological polar surface area (TPSA) is 98.0 Å². The number of aryl methyl sites for hydroxylation is 1. The number of hydrogen-bond acceptors (Lipinski definition) is 5. The fourth-order valence-electron chi connectivity index (χ4n) is 2.70. The molecule has 0 saturated carbocycles. The molecule has 0 bridgehead atoms. The van der Waals surface area contributed by atoms with Gasteiger partial charge in [0.05, 0.1) is 22.9 Å². The molecule has 0 radical (unpaired) electrons. The van der Waals surface area contributed by atoms with E-state index < -0.39 is 10.0 Å². The Labute approximate surface area is 157 Å². The molecule has 1 aromatic heterocycles. The first-order valence-electron chi connectivity index (χ1n) is 8.04. The third kappa shape index (κ3) is 3.32. The Morgan fingerprint density at radius 3 is 2.54 bits per heavy atom. The summed E-state index contributed by atoms with van der Waals surface area (Å²) >= 11 is 6.29. The number of nitrogen functional groups attached to an aromatic ring is 1. The van der Waals surface area contributed by atoms with Crippen LogP contribution in [0.4, 0.5) is 11.5 Å². The zero-order valence-corrected chi connectivity index (χ0v) is 16.2. The summed E-state index contributed by atoms with van der Waals surface area (Å²) in [5.74, 6) is 0.283. The van der Waals surface area contributed by atoms with Gasteiger partial charge in [-0.15, -0.1) is 0 Å². The summed E-state index contributed by atoms with van der Waals surface area (Å²) in [6.45, 7) is 5.89. The van der Waals surface area contributed by atoms with Crippen LogP contribution in [0, 0.1) is 6.92 Å². The third-order valence-corrected chi connectivity index (χ3v) is 5.93. The summed E-state index contributed by atoms with van der Waals surface area (Å²) in [6, 6.07) is 8.11. The van der Waals surface area contributed by atoms with E-state index in [2.05, 4.69) is 14.7 Å². The van der Waals surface area contributed by atoms with E-state index in [4.69, 9.17) is 17.3 Å². The van der Waals surface area contributed by atoms with Crippen LogP contribution in [-0.4, -0.2) is 18.4 Å². The fraction of sp³-hybridized carbons (Fsp3) is 0.222. The Bertz CT molecular complexity index is 1100. The van der Waals surface area contributed by atoms with Crippen molar-refractivity contribution >= 4 is 44.2 Å². The Balaban J connectivity index is 2.11. The number of halogens is 1. The number of nitrogens with one attached hydrogen (secondary N) is 1. The average molecular weight is 391 g/mol. The molecule has 0 aliphatic heterocycles. The van der Waals surface area contributed by atoms with Crippen molar-refractivity contribution in [3.8, 4) is 0 Å². The minimum atomic E-state index is -3.87. The van der Waals surface area contributed by atoms with Crippen molar-refractivity contribution in [3.05, 3.63) is 52.7 Å². The van der Waals surface area contributed by atoms with Crippen LogP contribution >= 0.6 is 11.6 Å². The highest BCUT2D eigenvalue weighted by atomic mass is 35.5. The smallest absolute Gasteiger partial charge is 0.265 e. The van der Waals surface area contributed by atoms with Gasteiger partial charge in [0.2, 0.25) is 0 Å². The van der Waals surface area contributed by atoms with Crippen molar-refractivity contribution in [3.63, 3.8) is 0 Å². The van der Waals surface area contributed by atoms with Crippen molar-refractivity contribution in [2.75, 3.05) is 10.5 Å². The van der Waals surface area contributed by atoms with E-state index in [-0.39, 0.29) is 22.3 Å². The first-order chi connectivity index (χ1) is 12.2. The quantitative estimate of drug-likeness (QED) is 0.653. The Kier molecular flexibility index (Phi) is 4.77. The van der Waals surface area contributed by atoms with Gasteiger partial charge in [-0.1, -0.05) is 37.6 Å². The fourth-order valence-corrected chi connectivity index (χ4v) is 4.02. The van der Waals surface area contributed by atoms with Crippen LogP contribution in [0.15, 0.2) is 41.4 Å². The molecule has 136 valence electrons. The van der Waals surface area contributed by atoms with Crippen LogP contribution in [0.3, 0.4) is 0 Å². The van der Waals surface area contributed by atoms with Crippen LogP contribution < -0.4 is 10.5 Å². The van der Waals surface area contributed by atoms with Gasteiger partial charge in [-0.3, -0.25) is 9.71 Å². The Morgan fingerprint density at radius 1 is 1.19 bits per heavy atom. The van der Waals surface area contributed by atoms with Gasteiger partial charge in [-0.05, 0) is 42.2 Å². The van der Waals surface area contributed by atoms with Gasteiger partial charge in [-0.25, -0.2) is 13.4 Å². The van der Waals surface area contributed by atoms with E-state index in [0.29, 0.717) is 16.1 Å². The predicted octanol–water partition coefficient (Wildman–Crippen LogP) is 4.10. The van der Waals surface area contributed by atoms with Crippen LogP contribution in [-0.2, 0) is 10.0 Å². The molecule has 0 unspecified atom stereocenters. The second-order valence-electron chi connectivity index (χ2n) is 6.32. The number of hydrogen-bond donors (Lipinski definition) is 2. The zero-order valence-electron chi connectivity index (χ0n) is 14.6. The van der Waals surface area contributed by atoms with Gasteiger partial charge < -0.3 is 5.73 Å². The van der Waals surface area contributed by atoms with Crippen LogP contribution in [0.1, 0.15) is 30.9 Å². The number of anilines is 2. The molecule has 0 aliphatic carbocycles. The van der Waals surface area contributed by atoms with Gasteiger partial charge in [-0.2, -0.15) is 0 Å². The zero-order chi connectivity index (χ0) is 19.1. The lowest BCUT2D eigenvalue weighted by molar-refractivity contribution is 0.601. The van der Waals surface area contributed by atoms with Gasteiger partial charge >= 0.3 is 0 Å². The molecule has 0 fully saturated rings. The molecule has 3 N–H and O–H groups in total. The molecule has 0 aliphatic rings. The standard InChI is InChI=1S/C18H19ClN4O2S/c1-10(2)12-8-13(19)11(3)17-18(12)22-16(9-21-17)23-26(24,25)15-7-5-4-6-14(15)20/h4-10H,20H2,1-3H3,(H,22,23). The summed E-state index contributed by atoms with van der Waals surface area (Å²) in [7, 11) is -3.87. The van der Waals surface area contributed by atoms with Crippen LogP contribution in [0.2, 0.25) is 5.02 Å². The molecule has 3 aromatic rings. The lowest BCUT2D eigenvalue weighted by atomic mass is 9.99. The minimum absolute atomic E-state index is 0.00160. The molecule has 0 atom stereocenters. The van der Waals surface area contributed by atoms with Gasteiger partial charge in [0.15, 0.2) is 5.82 Å². The van der Waals surface area contributed by atoms with Crippen molar-refractivity contribution < 1.29 is 8.42 Å². The lowest BCUT2D eigenvalue weighted by Crippen LogP contribution is -2.16. The summed E-state index contributed by atoms with van der Waals surface area (Å²) in [5, 5.41) is 0.612. The third-order valence-electron chi connectivity index (χ3n) is 4.11. The number of aromatic nitrogens is 2. The number of para-hydroxylation sites is 1. The number of rotatable bonds is 4. The molecule has 3 rings (SSSR count). The summed E-state index contributed by atoms with van der Waals surface area (Å²) in [4.78, 5) is 8.86. The molecule has 8 heteroatoms. The van der Waals surface area contributed by atoms with E-state index in [1.54, 1.807) is 12.1 Å². The average Bonchev–Trinajstić information content (AvgIpc) is 2.57. The number of nitrogens with zero attached hydrogens (tertiary/aromatic N) is 2. The van der Waals surface area contributed by atoms with E-state index >= 15 is 0 Å². The monoisotopic (exact) mass is 390 g/mol. The van der Waals surface area contributed by atoms with Crippen LogP contribution in [0.25, 0.3) is 11.0 Å². The first-order valence-corrected chi connectivity index (χ1v) is 9.90. The molecule has 1 heterocycles. The predicted molar refractivity (Wildman–Crippen MR) is 105 cm³/mol. The maximum absolute atomic E-state index is 12.6. The summed E-state index contributed by atoms with van der Waals surface area (Å²) < 4.78 is 27.7. The number of nitrogens with two attached hydrogens (primary N) is 1. The van der Waals surface area contributed by atoms with Crippen molar-refractivity contribution in [1.82, 2.24) is 9.97 Å². The first kappa shape index (κ1) is 18.4. The van der Waals surface area contributed by atoms with E-state index in [1.807, 2.05) is 26.8 Å².